The van der Waals surface area contributed by atoms with Crippen LogP contribution < -0.4 is 21.3 Å². The van der Waals surface area contributed by atoms with E-state index >= 15 is 0 Å². The molecule has 174 valence electrons. The lowest BCUT2D eigenvalue weighted by atomic mass is 10.2. The van der Waals surface area contributed by atoms with Crippen LogP contribution in [-0.4, -0.2) is 57.1 Å². The summed E-state index contributed by atoms with van der Waals surface area (Å²) in [5, 5.41) is 3.41. The van der Waals surface area contributed by atoms with Gasteiger partial charge in [0, 0.05) is 32.8 Å². The SMILES string of the molecule is COc1ccc(-c2nc(SCC(=O)NC[C@H]3CCCO3)c3c(=O)n(C)c(=O)n(C)c3n2)cc1. The quantitative estimate of drug-likeness (QED) is 0.402. The summed E-state index contributed by atoms with van der Waals surface area (Å²) in [6.45, 7) is 1.18. The zero-order valence-corrected chi connectivity index (χ0v) is 19.5. The predicted octanol–water partition coefficient (Wildman–Crippen LogP) is 1.09. The lowest BCUT2D eigenvalue weighted by molar-refractivity contribution is -0.119. The number of rotatable bonds is 7. The van der Waals surface area contributed by atoms with Gasteiger partial charge in [0.15, 0.2) is 11.5 Å². The predicted molar refractivity (Wildman–Crippen MR) is 125 cm³/mol. The molecule has 0 radical (unpaired) electrons. The Labute approximate surface area is 193 Å². The van der Waals surface area contributed by atoms with Gasteiger partial charge in [0.25, 0.3) is 5.56 Å². The molecule has 2 aromatic heterocycles. The van der Waals surface area contributed by atoms with E-state index in [2.05, 4.69) is 15.3 Å². The Hall–Kier alpha value is -3.18. The van der Waals surface area contributed by atoms with Gasteiger partial charge >= 0.3 is 5.69 Å². The summed E-state index contributed by atoms with van der Waals surface area (Å²) < 4.78 is 13.1. The first kappa shape index (κ1) is 23.0. The van der Waals surface area contributed by atoms with Crippen molar-refractivity contribution >= 4 is 28.7 Å². The molecule has 1 saturated heterocycles. The van der Waals surface area contributed by atoms with Gasteiger partial charge < -0.3 is 14.8 Å². The molecule has 3 heterocycles. The molecule has 4 rings (SSSR count). The van der Waals surface area contributed by atoms with Crippen molar-refractivity contribution in [1.29, 1.82) is 0 Å². The Morgan fingerprint density at radius 2 is 1.97 bits per heavy atom. The van der Waals surface area contributed by atoms with Crippen LogP contribution in [-0.2, 0) is 23.6 Å². The molecule has 1 aliphatic heterocycles. The number of hydrogen-bond acceptors (Lipinski definition) is 8. The number of aryl methyl sites for hydroxylation is 1. The first-order valence-corrected chi connectivity index (χ1v) is 11.5. The van der Waals surface area contributed by atoms with Gasteiger partial charge in [0.1, 0.15) is 16.2 Å². The fourth-order valence-corrected chi connectivity index (χ4v) is 4.46. The summed E-state index contributed by atoms with van der Waals surface area (Å²) in [6.07, 6.45) is 1.97. The normalized spacial score (nSPS) is 15.7. The zero-order valence-electron chi connectivity index (χ0n) is 18.7. The van der Waals surface area contributed by atoms with Crippen molar-refractivity contribution in [3.63, 3.8) is 0 Å². The van der Waals surface area contributed by atoms with E-state index in [1.807, 2.05) is 0 Å². The van der Waals surface area contributed by atoms with E-state index in [1.54, 1.807) is 38.4 Å². The molecule has 0 aliphatic carbocycles. The largest absolute Gasteiger partial charge is 0.497 e. The number of nitrogens with zero attached hydrogens (tertiary/aromatic N) is 4. The van der Waals surface area contributed by atoms with Crippen LogP contribution in [0.4, 0.5) is 0 Å². The highest BCUT2D eigenvalue weighted by Gasteiger charge is 2.20. The molecular weight excluding hydrogens is 446 g/mol. The van der Waals surface area contributed by atoms with Gasteiger partial charge in [-0.1, -0.05) is 11.8 Å². The maximum absolute atomic E-state index is 12.9. The molecule has 1 N–H and O–H groups in total. The third kappa shape index (κ3) is 4.79. The highest BCUT2D eigenvalue weighted by atomic mass is 32.2. The number of nitrogens with one attached hydrogen (secondary N) is 1. The molecule has 1 fully saturated rings. The number of aromatic nitrogens is 4. The van der Waals surface area contributed by atoms with Crippen LogP contribution in [0.15, 0.2) is 38.9 Å². The number of hydrogen-bond donors (Lipinski definition) is 1. The minimum Gasteiger partial charge on any atom is -0.497 e. The molecule has 11 heteroatoms. The Balaban J connectivity index is 1.69. The zero-order chi connectivity index (χ0) is 23.5. The second-order valence-corrected chi connectivity index (χ2v) is 8.68. The second kappa shape index (κ2) is 9.75. The Morgan fingerprint density at radius 3 is 2.64 bits per heavy atom. The Kier molecular flexibility index (Phi) is 6.80. The van der Waals surface area contributed by atoms with E-state index in [9.17, 15) is 14.4 Å². The van der Waals surface area contributed by atoms with E-state index in [-0.39, 0.29) is 28.8 Å². The van der Waals surface area contributed by atoms with E-state index in [0.29, 0.717) is 28.7 Å². The van der Waals surface area contributed by atoms with Crippen molar-refractivity contribution in [3.05, 3.63) is 45.1 Å². The molecule has 1 atom stereocenters. The number of carbonyl (C=O) groups is 1. The monoisotopic (exact) mass is 471 g/mol. The second-order valence-electron chi connectivity index (χ2n) is 7.71. The van der Waals surface area contributed by atoms with Crippen LogP contribution in [0.3, 0.4) is 0 Å². The van der Waals surface area contributed by atoms with Crippen LogP contribution in [0.5, 0.6) is 5.75 Å². The fraction of sp³-hybridized carbons (Fsp3) is 0.409. The van der Waals surface area contributed by atoms with Crippen LogP contribution in [0.1, 0.15) is 12.8 Å². The summed E-state index contributed by atoms with van der Waals surface area (Å²) in [5.41, 5.74) is -0.0875. The van der Waals surface area contributed by atoms with Gasteiger partial charge in [-0.3, -0.25) is 18.7 Å². The summed E-state index contributed by atoms with van der Waals surface area (Å²) in [6, 6.07) is 7.14. The van der Waals surface area contributed by atoms with Gasteiger partial charge in [-0.15, -0.1) is 0 Å². The van der Waals surface area contributed by atoms with Crippen LogP contribution in [0.25, 0.3) is 22.4 Å². The summed E-state index contributed by atoms with van der Waals surface area (Å²) in [5.74, 6) is 0.899. The highest BCUT2D eigenvalue weighted by Crippen LogP contribution is 2.27. The standard InChI is InChI=1S/C22H25N5O5S/c1-26-19-17(21(29)27(2)22(26)30)20(33-12-16(28)23-11-15-5-4-10-32-15)25-18(24-19)13-6-8-14(31-3)9-7-13/h6-9,15H,4-5,10-12H2,1-3H3,(H,23,28)/t15-/m1/s1. The number of methoxy groups -OCH3 is 1. The minimum absolute atomic E-state index is 0.0438. The summed E-state index contributed by atoms with van der Waals surface area (Å²) in [7, 11) is 4.54. The van der Waals surface area contributed by atoms with E-state index in [0.717, 1.165) is 35.8 Å². The van der Waals surface area contributed by atoms with E-state index < -0.39 is 11.2 Å². The minimum atomic E-state index is -0.503. The van der Waals surface area contributed by atoms with E-state index in [1.165, 1.54) is 11.6 Å². The van der Waals surface area contributed by atoms with Gasteiger partial charge in [-0.05, 0) is 37.1 Å². The molecule has 0 unspecified atom stereocenters. The third-order valence-corrected chi connectivity index (χ3v) is 6.48. The highest BCUT2D eigenvalue weighted by molar-refractivity contribution is 8.00. The summed E-state index contributed by atoms with van der Waals surface area (Å²) >= 11 is 1.14. The van der Waals surface area contributed by atoms with Crippen molar-refractivity contribution in [2.24, 2.45) is 14.1 Å². The fourth-order valence-electron chi connectivity index (χ4n) is 3.62. The van der Waals surface area contributed by atoms with Crippen molar-refractivity contribution in [2.75, 3.05) is 26.0 Å². The van der Waals surface area contributed by atoms with Crippen LogP contribution >= 0.6 is 11.8 Å². The van der Waals surface area contributed by atoms with Crippen LogP contribution in [0.2, 0.25) is 0 Å². The molecule has 0 bridgehead atoms. The topological polar surface area (TPSA) is 117 Å². The molecule has 0 spiro atoms. The van der Waals surface area contributed by atoms with Gasteiger partial charge in [0.2, 0.25) is 5.91 Å². The smallest absolute Gasteiger partial charge is 0.332 e. The van der Waals surface area contributed by atoms with Crippen molar-refractivity contribution in [1.82, 2.24) is 24.4 Å². The van der Waals surface area contributed by atoms with Crippen molar-refractivity contribution < 1.29 is 14.3 Å². The first-order valence-electron chi connectivity index (χ1n) is 10.5. The average Bonchev–Trinajstić information content (AvgIpc) is 3.37. The van der Waals surface area contributed by atoms with Crippen molar-refractivity contribution in [3.8, 4) is 17.1 Å². The molecule has 3 aromatic rings. The number of amides is 1. The van der Waals surface area contributed by atoms with Gasteiger partial charge in [-0.25, -0.2) is 14.8 Å². The molecule has 1 aliphatic rings. The van der Waals surface area contributed by atoms with Gasteiger partial charge in [-0.2, -0.15) is 0 Å². The molecule has 1 aromatic carbocycles. The molecule has 1 amide bonds. The third-order valence-electron chi connectivity index (χ3n) is 5.51. The van der Waals surface area contributed by atoms with Crippen LogP contribution in [0, 0.1) is 0 Å². The number of carbonyl (C=O) groups excluding carboxylic acids is 1. The van der Waals surface area contributed by atoms with Gasteiger partial charge in [0.05, 0.1) is 19.0 Å². The molecule has 33 heavy (non-hydrogen) atoms. The molecule has 10 nitrogen and oxygen atoms in total. The number of ether oxygens (including phenoxy) is 2. The first-order chi connectivity index (χ1) is 15.9. The molecular formula is C22H25N5O5S. The maximum atomic E-state index is 12.9. The average molecular weight is 472 g/mol. The lowest BCUT2D eigenvalue weighted by Crippen LogP contribution is -2.38. The number of benzene rings is 1. The lowest BCUT2D eigenvalue weighted by Gasteiger charge is -2.13. The number of thioether (sulfide) groups is 1. The summed E-state index contributed by atoms with van der Waals surface area (Å²) in [4.78, 5) is 46.9. The maximum Gasteiger partial charge on any atom is 0.332 e. The number of fused-ring (bicyclic) bond motifs is 1. The van der Waals surface area contributed by atoms with E-state index in [4.69, 9.17) is 9.47 Å². The molecule has 0 saturated carbocycles. The Bertz CT molecular complexity index is 1300. The van der Waals surface area contributed by atoms with Crippen molar-refractivity contribution in [2.45, 2.75) is 24.0 Å². The Morgan fingerprint density at radius 1 is 1.21 bits per heavy atom.